The highest BCUT2D eigenvalue weighted by Gasteiger charge is 2.18. The van der Waals surface area contributed by atoms with Crippen molar-refractivity contribution < 1.29 is 23.9 Å². The summed E-state index contributed by atoms with van der Waals surface area (Å²) >= 11 is 0. The standard InChI is InChI=1S/C16H21N3O5/c1-4-23-16(22)13-8-11(2)19(12(13)3)9-15(21)24-10-14(20)18-7-5-6-17/h8H,4-5,7,9-10H2,1-3H3,(H,18,20). The number of esters is 2. The molecule has 0 aliphatic heterocycles. The van der Waals surface area contributed by atoms with Crippen molar-refractivity contribution in [1.82, 2.24) is 9.88 Å². The second kappa shape index (κ2) is 9.35. The van der Waals surface area contributed by atoms with Crippen LogP contribution in [0.3, 0.4) is 0 Å². The minimum atomic E-state index is -0.595. The Morgan fingerprint density at radius 1 is 1.29 bits per heavy atom. The number of amides is 1. The summed E-state index contributed by atoms with van der Waals surface area (Å²) in [6, 6.07) is 3.54. The molecule has 0 fully saturated rings. The van der Waals surface area contributed by atoms with Crippen LogP contribution in [-0.2, 0) is 25.6 Å². The third kappa shape index (κ3) is 5.43. The van der Waals surface area contributed by atoms with Crippen LogP contribution in [0.15, 0.2) is 6.07 Å². The number of aromatic nitrogens is 1. The third-order valence-corrected chi connectivity index (χ3v) is 3.28. The first-order valence-electron chi connectivity index (χ1n) is 7.53. The van der Waals surface area contributed by atoms with Gasteiger partial charge in [-0.15, -0.1) is 0 Å². The van der Waals surface area contributed by atoms with E-state index in [0.717, 1.165) is 0 Å². The molecule has 1 aromatic heterocycles. The molecule has 0 aromatic carbocycles. The van der Waals surface area contributed by atoms with Crippen LogP contribution >= 0.6 is 0 Å². The normalized spacial score (nSPS) is 9.92. The molecule has 0 atom stereocenters. The number of hydrogen-bond donors (Lipinski definition) is 1. The average molecular weight is 335 g/mol. The van der Waals surface area contributed by atoms with Gasteiger partial charge in [-0.1, -0.05) is 0 Å². The molecule has 0 saturated heterocycles. The Bertz CT molecular complexity index is 657. The smallest absolute Gasteiger partial charge is 0.339 e. The number of hydrogen-bond acceptors (Lipinski definition) is 6. The van der Waals surface area contributed by atoms with Gasteiger partial charge in [0.2, 0.25) is 0 Å². The lowest BCUT2D eigenvalue weighted by atomic mass is 10.2. The van der Waals surface area contributed by atoms with Crippen LogP contribution in [0.4, 0.5) is 0 Å². The predicted octanol–water partition coefficient (Wildman–Crippen LogP) is 0.855. The van der Waals surface area contributed by atoms with Crippen molar-refractivity contribution in [3.63, 3.8) is 0 Å². The molecular formula is C16H21N3O5. The minimum absolute atomic E-state index is 0.109. The van der Waals surface area contributed by atoms with Crippen LogP contribution in [0.5, 0.6) is 0 Å². The van der Waals surface area contributed by atoms with Gasteiger partial charge in [-0.25, -0.2) is 4.79 Å². The number of carbonyl (C=O) groups excluding carboxylic acids is 3. The van der Waals surface area contributed by atoms with Crippen LogP contribution < -0.4 is 5.32 Å². The Hall–Kier alpha value is -2.82. The van der Waals surface area contributed by atoms with Crippen LogP contribution in [0.2, 0.25) is 0 Å². The molecule has 1 N–H and O–H groups in total. The Morgan fingerprint density at radius 2 is 2.00 bits per heavy atom. The first-order chi connectivity index (χ1) is 11.4. The van der Waals surface area contributed by atoms with Crippen molar-refractivity contribution in [2.75, 3.05) is 19.8 Å². The summed E-state index contributed by atoms with van der Waals surface area (Å²) in [6.45, 7) is 5.16. The van der Waals surface area contributed by atoms with Crippen LogP contribution in [-0.4, -0.2) is 42.2 Å². The molecular weight excluding hydrogens is 314 g/mol. The predicted molar refractivity (Wildman–Crippen MR) is 84.1 cm³/mol. The van der Waals surface area contributed by atoms with Gasteiger partial charge in [0.15, 0.2) is 6.61 Å². The molecule has 24 heavy (non-hydrogen) atoms. The molecule has 0 aliphatic carbocycles. The number of carbonyl (C=O) groups is 3. The van der Waals surface area contributed by atoms with Gasteiger partial charge < -0.3 is 19.4 Å². The minimum Gasteiger partial charge on any atom is -0.462 e. The largest absolute Gasteiger partial charge is 0.462 e. The van der Waals surface area contributed by atoms with Crippen LogP contribution in [0, 0.1) is 25.2 Å². The number of nitrogens with one attached hydrogen (secondary N) is 1. The van der Waals surface area contributed by atoms with E-state index >= 15 is 0 Å². The van der Waals surface area contributed by atoms with Gasteiger partial charge in [-0.2, -0.15) is 5.26 Å². The van der Waals surface area contributed by atoms with E-state index in [1.165, 1.54) is 0 Å². The molecule has 1 amide bonds. The molecule has 8 nitrogen and oxygen atoms in total. The molecule has 8 heteroatoms. The van der Waals surface area contributed by atoms with E-state index in [0.29, 0.717) is 17.0 Å². The molecule has 0 radical (unpaired) electrons. The van der Waals surface area contributed by atoms with Gasteiger partial charge in [0, 0.05) is 17.9 Å². The maximum Gasteiger partial charge on any atom is 0.339 e. The molecule has 1 rings (SSSR count). The van der Waals surface area contributed by atoms with E-state index in [1.807, 2.05) is 6.07 Å². The third-order valence-electron chi connectivity index (χ3n) is 3.28. The lowest BCUT2D eigenvalue weighted by Gasteiger charge is -2.10. The van der Waals surface area contributed by atoms with Gasteiger partial charge in [0.05, 0.1) is 24.7 Å². The number of aryl methyl sites for hydroxylation is 1. The maximum atomic E-state index is 11.9. The quantitative estimate of drug-likeness (QED) is 0.557. The van der Waals surface area contributed by atoms with E-state index in [4.69, 9.17) is 14.7 Å². The topological polar surface area (TPSA) is 110 Å². The number of nitrogens with zero attached hydrogens (tertiary/aromatic N) is 2. The van der Waals surface area contributed by atoms with Gasteiger partial charge >= 0.3 is 11.9 Å². The fourth-order valence-electron chi connectivity index (χ4n) is 2.09. The zero-order valence-electron chi connectivity index (χ0n) is 14.0. The van der Waals surface area contributed by atoms with Crippen molar-refractivity contribution in [3.05, 3.63) is 23.0 Å². The van der Waals surface area contributed by atoms with Gasteiger partial charge in [0.1, 0.15) is 6.54 Å². The van der Waals surface area contributed by atoms with E-state index in [1.54, 1.807) is 31.4 Å². The van der Waals surface area contributed by atoms with Crippen molar-refractivity contribution in [3.8, 4) is 6.07 Å². The summed E-state index contributed by atoms with van der Waals surface area (Å²) in [5, 5.41) is 10.8. The SMILES string of the molecule is CCOC(=O)c1cc(C)n(CC(=O)OCC(=O)NCCC#N)c1C. The Morgan fingerprint density at radius 3 is 2.62 bits per heavy atom. The summed E-state index contributed by atoms with van der Waals surface area (Å²) in [6.07, 6.45) is 0.193. The number of nitriles is 1. The summed E-state index contributed by atoms with van der Waals surface area (Å²) in [5.41, 5.74) is 1.71. The van der Waals surface area contributed by atoms with Crippen molar-refractivity contribution >= 4 is 17.8 Å². The first-order valence-corrected chi connectivity index (χ1v) is 7.53. The van der Waals surface area contributed by atoms with Crippen molar-refractivity contribution in [2.45, 2.75) is 33.7 Å². The van der Waals surface area contributed by atoms with Crippen molar-refractivity contribution in [2.24, 2.45) is 0 Å². The molecule has 130 valence electrons. The Kier molecular flexibility index (Phi) is 7.49. The highest BCUT2D eigenvalue weighted by molar-refractivity contribution is 5.91. The maximum absolute atomic E-state index is 11.9. The zero-order valence-corrected chi connectivity index (χ0v) is 14.0. The van der Waals surface area contributed by atoms with Gasteiger partial charge in [0.25, 0.3) is 5.91 Å². The monoisotopic (exact) mass is 335 g/mol. The summed E-state index contributed by atoms with van der Waals surface area (Å²) in [4.78, 5) is 35.1. The highest BCUT2D eigenvalue weighted by atomic mass is 16.5. The van der Waals surface area contributed by atoms with Crippen molar-refractivity contribution in [1.29, 1.82) is 5.26 Å². The Balaban J connectivity index is 2.60. The molecule has 0 spiro atoms. The van der Waals surface area contributed by atoms with E-state index in [2.05, 4.69) is 5.32 Å². The molecule has 1 aromatic rings. The second-order valence-corrected chi connectivity index (χ2v) is 5.01. The van der Waals surface area contributed by atoms with Crippen LogP contribution in [0.1, 0.15) is 35.1 Å². The van der Waals surface area contributed by atoms with Gasteiger partial charge in [-0.05, 0) is 26.8 Å². The fraction of sp³-hybridized carbons (Fsp3) is 0.500. The first kappa shape index (κ1) is 19.2. The fourth-order valence-corrected chi connectivity index (χ4v) is 2.09. The number of rotatable bonds is 8. The lowest BCUT2D eigenvalue weighted by molar-refractivity contribution is -0.149. The zero-order chi connectivity index (χ0) is 18.1. The lowest BCUT2D eigenvalue weighted by Crippen LogP contribution is -2.30. The molecule has 1 heterocycles. The molecule has 0 bridgehead atoms. The highest BCUT2D eigenvalue weighted by Crippen LogP contribution is 2.16. The van der Waals surface area contributed by atoms with Crippen LogP contribution in [0.25, 0.3) is 0 Å². The number of ether oxygens (including phenoxy) is 2. The summed E-state index contributed by atoms with van der Waals surface area (Å²) in [7, 11) is 0. The van der Waals surface area contributed by atoms with Gasteiger partial charge in [-0.3, -0.25) is 9.59 Å². The van der Waals surface area contributed by atoms with E-state index in [9.17, 15) is 14.4 Å². The van der Waals surface area contributed by atoms with E-state index < -0.39 is 24.5 Å². The van der Waals surface area contributed by atoms with E-state index in [-0.39, 0.29) is 26.1 Å². The summed E-state index contributed by atoms with van der Waals surface area (Å²) < 4.78 is 11.5. The molecule has 0 saturated carbocycles. The summed E-state index contributed by atoms with van der Waals surface area (Å²) in [5.74, 6) is -1.50. The molecule has 0 unspecified atom stereocenters. The second-order valence-electron chi connectivity index (χ2n) is 5.01. The Labute approximate surface area is 140 Å². The molecule has 0 aliphatic rings. The average Bonchev–Trinajstić information content (AvgIpc) is 2.81.